The van der Waals surface area contributed by atoms with Crippen molar-refractivity contribution < 1.29 is 19.1 Å². The largest absolute Gasteiger partial charge is 0.497 e. The maximum atomic E-state index is 12.6. The zero-order valence-corrected chi connectivity index (χ0v) is 18.0. The summed E-state index contributed by atoms with van der Waals surface area (Å²) in [4.78, 5) is 29.1. The summed E-state index contributed by atoms with van der Waals surface area (Å²) < 4.78 is 10.9. The van der Waals surface area contributed by atoms with Crippen LogP contribution in [0.5, 0.6) is 11.5 Å². The Balaban J connectivity index is 1.27. The van der Waals surface area contributed by atoms with Crippen molar-refractivity contribution in [2.45, 2.75) is 38.3 Å². The summed E-state index contributed by atoms with van der Waals surface area (Å²) in [5, 5.41) is 3.14. The van der Waals surface area contributed by atoms with Gasteiger partial charge in [-0.1, -0.05) is 12.1 Å². The Kier molecular flexibility index (Phi) is 6.30. The molecule has 31 heavy (non-hydrogen) atoms. The molecule has 0 radical (unpaired) electrons. The third kappa shape index (κ3) is 4.76. The molecule has 4 rings (SSSR count). The highest BCUT2D eigenvalue weighted by Gasteiger charge is 2.31. The van der Waals surface area contributed by atoms with E-state index in [-0.39, 0.29) is 24.3 Å². The average Bonchev–Trinajstić information content (AvgIpc) is 2.80. The molecule has 0 saturated carbocycles. The van der Waals surface area contributed by atoms with Crippen molar-refractivity contribution in [3.63, 3.8) is 0 Å². The fraction of sp³-hybridized carbons (Fsp3) is 0.417. The average molecular weight is 424 g/mol. The molecule has 0 bridgehead atoms. The van der Waals surface area contributed by atoms with E-state index in [2.05, 4.69) is 22.3 Å². The second-order valence-corrected chi connectivity index (χ2v) is 7.99. The summed E-state index contributed by atoms with van der Waals surface area (Å²) in [5.41, 5.74) is 1.90. The minimum Gasteiger partial charge on any atom is -0.497 e. The summed E-state index contributed by atoms with van der Waals surface area (Å²) in [6.45, 7) is 3.87. The first kappa shape index (κ1) is 21.0. The molecule has 7 heteroatoms. The van der Waals surface area contributed by atoms with E-state index < -0.39 is 6.10 Å². The number of nitrogens with one attached hydrogen (secondary N) is 1. The minimum absolute atomic E-state index is 0.0210. The lowest BCUT2D eigenvalue weighted by atomic mass is 10.0. The molecule has 1 atom stereocenters. The van der Waals surface area contributed by atoms with Crippen molar-refractivity contribution in [1.29, 1.82) is 0 Å². The van der Waals surface area contributed by atoms with Crippen LogP contribution < -0.4 is 24.6 Å². The molecule has 1 N–H and O–H groups in total. The Morgan fingerprint density at radius 3 is 2.55 bits per heavy atom. The molecule has 2 aromatic rings. The molecule has 0 aromatic heterocycles. The molecule has 0 spiro atoms. The van der Waals surface area contributed by atoms with E-state index in [0.717, 1.165) is 37.4 Å². The number of methoxy groups -OCH3 is 1. The van der Waals surface area contributed by atoms with Gasteiger partial charge in [-0.05, 0) is 56.2 Å². The highest BCUT2D eigenvalue weighted by molar-refractivity contribution is 6.00. The number of carbonyl (C=O) groups is 2. The van der Waals surface area contributed by atoms with Crippen LogP contribution in [0.15, 0.2) is 48.5 Å². The quantitative estimate of drug-likeness (QED) is 0.774. The van der Waals surface area contributed by atoms with Crippen LogP contribution >= 0.6 is 0 Å². The Morgan fingerprint density at radius 2 is 1.84 bits per heavy atom. The highest BCUT2D eigenvalue weighted by Crippen LogP contribution is 2.33. The third-order valence-electron chi connectivity index (χ3n) is 5.93. The van der Waals surface area contributed by atoms with Gasteiger partial charge in [-0.15, -0.1) is 0 Å². The van der Waals surface area contributed by atoms with Crippen LogP contribution in [-0.2, 0) is 9.59 Å². The maximum absolute atomic E-state index is 12.6. The van der Waals surface area contributed by atoms with Gasteiger partial charge >= 0.3 is 0 Å². The van der Waals surface area contributed by atoms with E-state index in [1.165, 1.54) is 5.69 Å². The van der Waals surface area contributed by atoms with Gasteiger partial charge in [0.05, 0.1) is 12.8 Å². The molecular formula is C24H29N3O4. The zero-order chi connectivity index (χ0) is 21.8. The van der Waals surface area contributed by atoms with Gasteiger partial charge in [-0.2, -0.15) is 0 Å². The summed E-state index contributed by atoms with van der Waals surface area (Å²) in [6, 6.07) is 15.7. The minimum atomic E-state index is -0.541. The van der Waals surface area contributed by atoms with Gasteiger partial charge in [0.2, 0.25) is 5.91 Å². The number of hydrogen-bond acceptors (Lipinski definition) is 5. The summed E-state index contributed by atoms with van der Waals surface area (Å²) in [5.74, 6) is 1.40. The van der Waals surface area contributed by atoms with Gasteiger partial charge in [0.15, 0.2) is 6.10 Å². The van der Waals surface area contributed by atoms with Crippen LogP contribution in [0.4, 0.5) is 11.4 Å². The van der Waals surface area contributed by atoms with Crippen molar-refractivity contribution in [3.8, 4) is 11.5 Å². The van der Waals surface area contributed by atoms with Crippen LogP contribution in [0.3, 0.4) is 0 Å². The van der Waals surface area contributed by atoms with Gasteiger partial charge in [-0.3, -0.25) is 9.59 Å². The highest BCUT2D eigenvalue weighted by atomic mass is 16.5. The Labute approximate surface area is 182 Å². The molecule has 164 valence electrons. The lowest BCUT2D eigenvalue weighted by Crippen LogP contribution is -2.47. The van der Waals surface area contributed by atoms with Gasteiger partial charge in [-0.25, -0.2) is 0 Å². The fourth-order valence-corrected chi connectivity index (χ4v) is 4.18. The normalized spacial score (nSPS) is 18.9. The second-order valence-electron chi connectivity index (χ2n) is 7.99. The number of rotatable bonds is 6. The number of anilines is 2. The number of amides is 2. The molecule has 7 nitrogen and oxygen atoms in total. The standard InChI is InChI=1S/C24H29N3O4/c1-17-24(29)27(21-5-3-4-6-22(21)31-17)16-13-23(28)25-18-11-14-26(15-12-18)19-7-9-20(30-2)10-8-19/h3-10,17-18H,11-16H2,1-2H3,(H,25,28). The van der Waals surface area contributed by atoms with Crippen molar-refractivity contribution >= 4 is 23.2 Å². The molecule has 2 amide bonds. The Bertz CT molecular complexity index is 923. The molecular weight excluding hydrogens is 394 g/mol. The monoisotopic (exact) mass is 423 g/mol. The molecule has 2 aromatic carbocycles. The van der Waals surface area contributed by atoms with Crippen molar-refractivity contribution in [2.75, 3.05) is 36.5 Å². The number of ether oxygens (including phenoxy) is 2. The lowest BCUT2D eigenvalue weighted by molar-refractivity contribution is -0.125. The van der Waals surface area contributed by atoms with Crippen LogP contribution in [0.25, 0.3) is 0 Å². The Hall–Kier alpha value is -3.22. The van der Waals surface area contributed by atoms with Gasteiger partial charge < -0.3 is 24.6 Å². The smallest absolute Gasteiger partial charge is 0.267 e. The molecule has 2 aliphatic rings. The van der Waals surface area contributed by atoms with Crippen LogP contribution in [0.2, 0.25) is 0 Å². The predicted molar refractivity (Wildman–Crippen MR) is 120 cm³/mol. The summed E-state index contributed by atoms with van der Waals surface area (Å²) >= 11 is 0. The molecule has 1 fully saturated rings. The number of benzene rings is 2. The molecule has 1 saturated heterocycles. The number of para-hydroxylation sites is 2. The number of carbonyl (C=O) groups excluding carboxylic acids is 2. The first-order valence-electron chi connectivity index (χ1n) is 10.8. The number of hydrogen-bond donors (Lipinski definition) is 1. The van der Waals surface area contributed by atoms with Gasteiger partial charge in [0.25, 0.3) is 5.91 Å². The van der Waals surface area contributed by atoms with Crippen molar-refractivity contribution in [2.24, 2.45) is 0 Å². The van der Waals surface area contributed by atoms with E-state index in [0.29, 0.717) is 12.3 Å². The summed E-state index contributed by atoms with van der Waals surface area (Å²) in [7, 11) is 1.66. The van der Waals surface area contributed by atoms with Crippen molar-refractivity contribution in [3.05, 3.63) is 48.5 Å². The molecule has 1 unspecified atom stereocenters. The molecule has 0 aliphatic carbocycles. The topological polar surface area (TPSA) is 71.1 Å². The number of nitrogens with zero attached hydrogens (tertiary/aromatic N) is 2. The SMILES string of the molecule is COc1ccc(N2CCC(NC(=O)CCN3C(=O)C(C)Oc4ccccc43)CC2)cc1. The van der Waals surface area contributed by atoms with Gasteiger partial charge in [0.1, 0.15) is 11.5 Å². The van der Waals surface area contributed by atoms with E-state index in [4.69, 9.17) is 9.47 Å². The molecule has 2 aliphatic heterocycles. The zero-order valence-electron chi connectivity index (χ0n) is 18.0. The maximum Gasteiger partial charge on any atom is 0.267 e. The fourth-order valence-electron chi connectivity index (χ4n) is 4.18. The number of fused-ring (bicyclic) bond motifs is 1. The van der Waals surface area contributed by atoms with Crippen LogP contribution in [-0.4, -0.2) is 50.7 Å². The Morgan fingerprint density at radius 1 is 1.13 bits per heavy atom. The number of piperidine rings is 1. The lowest BCUT2D eigenvalue weighted by Gasteiger charge is -2.34. The van der Waals surface area contributed by atoms with Crippen molar-refractivity contribution in [1.82, 2.24) is 5.32 Å². The first-order valence-corrected chi connectivity index (χ1v) is 10.8. The van der Waals surface area contributed by atoms with E-state index in [9.17, 15) is 9.59 Å². The summed E-state index contributed by atoms with van der Waals surface area (Å²) in [6.07, 6.45) is 1.52. The van der Waals surface area contributed by atoms with Crippen LogP contribution in [0, 0.1) is 0 Å². The van der Waals surface area contributed by atoms with E-state index in [1.807, 2.05) is 36.4 Å². The predicted octanol–water partition coefficient (Wildman–Crippen LogP) is 2.98. The van der Waals surface area contributed by atoms with Crippen LogP contribution in [0.1, 0.15) is 26.2 Å². The molecule has 2 heterocycles. The van der Waals surface area contributed by atoms with Gasteiger partial charge in [0, 0.05) is 37.8 Å². The first-order chi connectivity index (χ1) is 15.0. The third-order valence-corrected chi connectivity index (χ3v) is 5.93. The second kappa shape index (κ2) is 9.29. The van der Waals surface area contributed by atoms with E-state index in [1.54, 1.807) is 18.9 Å². The van der Waals surface area contributed by atoms with E-state index >= 15 is 0 Å².